The molecule has 0 spiro atoms. The highest BCUT2D eigenvalue weighted by Crippen LogP contribution is 2.36. The highest BCUT2D eigenvalue weighted by molar-refractivity contribution is 9.10. The summed E-state index contributed by atoms with van der Waals surface area (Å²) in [6.45, 7) is 4.26. The van der Waals surface area contributed by atoms with Crippen LogP contribution < -0.4 is 10.1 Å². The van der Waals surface area contributed by atoms with Crippen LogP contribution in [0.25, 0.3) is 11.6 Å². The fraction of sp³-hybridized carbons (Fsp3) is 0.211. The van der Waals surface area contributed by atoms with Gasteiger partial charge in [-0.15, -0.1) is 0 Å². The molecule has 0 atom stereocenters. The molecule has 1 aliphatic heterocycles. The molecule has 0 unspecified atom stereocenters. The number of carbonyl (C=O) groups excluding carboxylic acids is 1. The zero-order chi connectivity index (χ0) is 16.6. The van der Waals surface area contributed by atoms with Gasteiger partial charge in [0.15, 0.2) is 0 Å². The molecule has 1 N–H and O–H groups in total. The van der Waals surface area contributed by atoms with Crippen LogP contribution in [-0.4, -0.2) is 13.0 Å². The van der Waals surface area contributed by atoms with Crippen LogP contribution in [0.4, 0.5) is 5.69 Å². The fourth-order valence-corrected chi connectivity index (χ4v) is 3.13. The molecule has 0 saturated heterocycles. The van der Waals surface area contributed by atoms with Gasteiger partial charge in [0.25, 0.3) is 5.91 Å². The molecule has 0 radical (unpaired) electrons. The number of hydrogen-bond acceptors (Lipinski definition) is 2. The SMILES string of the molecule is COc1ccc(C=C2C(=O)Nc3ccc(Br)cc32)cc1C(C)C. The van der Waals surface area contributed by atoms with Gasteiger partial charge in [-0.05, 0) is 53.5 Å². The largest absolute Gasteiger partial charge is 0.496 e. The van der Waals surface area contributed by atoms with Gasteiger partial charge in [-0.1, -0.05) is 35.8 Å². The molecule has 0 aromatic heterocycles. The Balaban J connectivity index is 2.08. The van der Waals surface area contributed by atoms with E-state index in [4.69, 9.17) is 4.74 Å². The number of fused-ring (bicyclic) bond motifs is 1. The number of hydrogen-bond donors (Lipinski definition) is 1. The molecule has 1 amide bonds. The van der Waals surface area contributed by atoms with Gasteiger partial charge in [0.1, 0.15) is 5.75 Å². The van der Waals surface area contributed by atoms with Gasteiger partial charge < -0.3 is 10.1 Å². The van der Waals surface area contributed by atoms with Crippen LogP contribution in [0.3, 0.4) is 0 Å². The van der Waals surface area contributed by atoms with E-state index in [1.165, 1.54) is 0 Å². The fourth-order valence-electron chi connectivity index (χ4n) is 2.76. The quantitative estimate of drug-likeness (QED) is 0.764. The first-order chi connectivity index (χ1) is 11.0. The van der Waals surface area contributed by atoms with E-state index in [0.29, 0.717) is 11.5 Å². The highest BCUT2D eigenvalue weighted by atomic mass is 79.9. The highest BCUT2D eigenvalue weighted by Gasteiger charge is 2.24. The molecular weight excluding hydrogens is 354 g/mol. The smallest absolute Gasteiger partial charge is 0.256 e. The van der Waals surface area contributed by atoms with E-state index in [1.807, 2.05) is 36.4 Å². The maximum Gasteiger partial charge on any atom is 0.256 e. The number of benzene rings is 2. The molecule has 1 heterocycles. The van der Waals surface area contributed by atoms with Crippen LogP contribution >= 0.6 is 15.9 Å². The average Bonchev–Trinajstić information content (AvgIpc) is 2.83. The summed E-state index contributed by atoms with van der Waals surface area (Å²) in [5.74, 6) is 1.16. The lowest BCUT2D eigenvalue weighted by atomic mass is 9.97. The van der Waals surface area contributed by atoms with Crippen LogP contribution in [-0.2, 0) is 4.79 Å². The third-order valence-corrected chi connectivity index (χ3v) is 4.44. The molecule has 0 bridgehead atoms. The third-order valence-electron chi connectivity index (χ3n) is 3.95. The Bertz CT molecular complexity index is 809. The second-order valence-electron chi connectivity index (χ2n) is 5.86. The Morgan fingerprint density at radius 3 is 2.65 bits per heavy atom. The molecule has 2 aromatic rings. The summed E-state index contributed by atoms with van der Waals surface area (Å²) >= 11 is 3.46. The van der Waals surface area contributed by atoms with Gasteiger partial charge in [0, 0.05) is 21.3 Å². The van der Waals surface area contributed by atoms with Crippen molar-refractivity contribution < 1.29 is 9.53 Å². The van der Waals surface area contributed by atoms with Crippen molar-refractivity contribution >= 4 is 39.2 Å². The minimum atomic E-state index is -0.0694. The monoisotopic (exact) mass is 371 g/mol. The van der Waals surface area contributed by atoms with Gasteiger partial charge in [-0.2, -0.15) is 0 Å². The molecule has 1 aliphatic rings. The molecular formula is C19H18BrNO2. The van der Waals surface area contributed by atoms with Crippen LogP contribution in [0.2, 0.25) is 0 Å². The molecule has 3 rings (SSSR count). The zero-order valence-corrected chi connectivity index (χ0v) is 14.9. The van der Waals surface area contributed by atoms with E-state index in [9.17, 15) is 4.79 Å². The first-order valence-corrected chi connectivity index (χ1v) is 8.30. The van der Waals surface area contributed by atoms with Gasteiger partial charge in [-0.25, -0.2) is 0 Å². The number of amides is 1. The molecule has 0 saturated carbocycles. The molecule has 3 nitrogen and oxygen atoms in total. The van der Waals surface area contributed by atoms with Crippen molar-refractivity contribution in [2.24, 2.45) is 0 Å². The topological polar surface area (TPSA) is 38.3 Å². The Labute approximate surface area is 144 Å². The van der Waals surface area contributed by atoms with Gasteiger partial charge in [0.2, 0.25) is 0 Å². The van der Waals surface area contributed by atoms with Crippen molar-refractivity contribution in [1.29, 1.82) is 0 Å². The van der Waals surface area contributed by atoms with Crippen LogP contribution in [0.1, 0.15) is 36.5 Å². The standard InChI is InChI=1S/C19H18BrNO2/c1-11(2)14-8-12(4-7-18(14)23-3)9-16-15-10-13(20)5-6-17(15)21-19(16)22/h4-11H,1-3H3,(H,21,22). The van der Waals surface area contributed by atoms with Crippen LogP contribution in [0, 0.1) is 0 Å². The van der Waals surface area contributed by atoms with E-state index in [2.05, 4.69) is 41.2 Å². The summed E-state index contributed by atoms with van der Waals surface area (Å²) in [6, 6.07) is 11.8. The number of ether oxygens (including phenoxy) is 1. The summed E-state index contributed by atoms with van der Waals surface area (Å²) < 4.78 is 6.37. The first kappa shape index (κ1) is 15.8. The molecule has 23 heavy (non-hydrogen) atoms. The van der Waals surface area contributed by atoms with Crippen LogP contribution in [0.15, 0.2) is 40.9 Å². The number of anilines is 1. The first-order valence-electron chi connectivity index (χ1n) is 7.50. The second-order valence-corrected chi connectivity index (χ2v) is 6.77. The molecule has 0 aliphatic carbocycles. The number of rotatable bonds is 3. The van der Waals surface area contributed by atoms with E-state index >= 15 is 0 Å². The molecule has 118 valence electrons. The summed E-state index contributed by atoms with van der Waals surface area (Å²) in [7, 11) is 1.68. The molecule has 0 fully saturated rings. The van der Waals surface area contributed by atoms with Crippen molar-refractivity contribution in [2.45, 2.75) is 19.8 Å². The Hall–Kier alpha value is -2.07. The minimum Gasteiger partial charge on any atom is -0.496 e. The molecule has 2 aromatic carbocycles. The van der Waals surface area contributed by atoms with E-state index in [0.717, 1.165) is 32.6 Å². The predicted octanol–water partition coefficient (Wildman–Crippen LogP) is 5.07. The Kier molecular flexibility index (Phi) is 4.26. The number of methoxy groups -OCH3 is 1. The van der Waals surface area contributed by atoms with E-state index in [1.54, 1.807) is 7.11 Å². The normalized spacial score (nSPS) is 15.0. The van der Waals surface area contributed by atoms with Crippen LogP contribution in [0.5, 0.6) is 5.75 Å². The Morgan fingerprint density at radius 2 is 1.96 bits per heavy atom. The van der Waals surface area contributed by atoms with Crippen molar-refractivity contribution in [3.8, 4) is 5.75 Å². The minimum absolute atomic E-state index is 0.0694. The number of carbonyl (C=O) groups is 1. The Morgan fingerprint density at radius 1 is 1.17 bits per heavy atom. The summed E-state index contributed by atoms with van der Waals surface area (Å²) in [5, 5.41) is 2.90. The maximum atomic E-state index is 12.3. The number of halogens is 1. The van der Waals surface area contributed by atoms with Crippen molar-refractivity contribution in [3.05, 3.63) is 57.6 Å². The predicted molar refractivity (Wildman–Crippen MR) is 97.7 cm³/mol. The van der Waals surface area contributed by atoms with Gasteiger partial charge in [0.05, 0.1) is 7.11 Å². The second kappa shape index (κ2) is 6.20. The summed E-state index contributed by atoms with van der Waals surface area (Å²) in [6.07, 6.45) is 1.93. The average molecular weight is 372 g/mol. The van der Waals surface area contributed by atoms with Gasteiger partial charge in [-0.3, -0.25) is 4.79 Å². The van der Waals surface area contributed by atoms with Crippen molar-refractivity contribution in [1.82, 2.24) is 0 Å². The van der Waals surface area contributed by atoms with Crippen molar-refractivity contribution in [3.63, 3.8) is 0 Å². The molecule has 4 heteroatoms. The number of nitrogens with one attached hydrogen (secondary N) is 1. The lowest BCUT2D eigenvalue weighted by Gasteiger charge is -2.12. The van der Waals surface area contributed by atoms with E-state index < -0.39 is 0 Å². The van der Waals surface area contributed by atoms with Crippen molar-refractivity contribution in [2.75, 3.05) is 12.4 Å². The zero-order valence-electron chi connectivity index (χ0n) is 13.3. The lowest BCUT2D eigenvalue weighted by Crippen LogP contribution is -2.03. The van der Waals surface area contributed by atoms with Gasteiger partial charge >= 0.3 is 0 Å². The summed E-state index contributed by atoms with van der Waals surface area (Å²) in [5.41, 5.74) is 4.58. The van der Waals surface area contributed by atoms with E-state index in [-0.39, 0.29) is 5.91 Å². The summed E-state index contributed by atoms with van der Waals surface area (Å²) in [4.78, 5) is 12.3. The lowest BCUT2D eigenvalue weighted by molar-refractivity contribution is -0.110. The third kappa shape index (κ3) is 3.04. The maximum absolute atomic E-state index is 12.3.